The summed E-state index contributed by atoms with van der Waals surface area (Å²) in [7, 11) is 0. The van der Waals surface area contributed by atoms with Crippen LogP contribution in [0.3, 0.4) is 0 Å². The lowest BCUT2D eigenvalue weighted by molar-refractivity contribution is 0.504. The Labute approximate surface area is 104 Å². The van der Waals surface area contributed by atoms with Gasteiger partial charge in [0, 0.05) is 24.9 Å². The van der Waals surface area contributed by atoms with Crippen molar-refractivity contribution < 1.29 is 4.42 Å². The number of pyridine rings is 1. The van der Waals surface area contributed by atoms with E-state index in [1.807, 2.05) is 36.4 Å². The molecular formula is C14H12N2O2. The third-order valence-electron chi connectivity index (χ3n) is 2.89. The van der Waals surface area contributed by atoms with E-state index in [1.165, 1.54) is 0 Å². The molecule has 0 amide bonds. The lowest BCUT2D eigenvalue weighted by Crippen LogP contribution is -2.15. The third-order valence-corrected chi connectivity index (χ3v) is 2.89. The molecule has 0 radical (unpaired) electrons. The van der Waals surface area contributed by atoms with E-state index in [0.717, 1.165) is 11.2 Å². The molecule has 0 atom stereocenters. The van der Waals surface area contributed by atoms with Crippen LogP contribution in [0.2, 0.25) is 0 Å². The number of para-hydroxylation sites is 2. The van der Waals surface area contributed by atoms with Crippen molar-refractivity contribution >= 4 is 11.1 Å². The van der Waals surface area contributed by atoms with Gasteiger partial charge < -0.3 is 4.42 Å². The van der Waals surface area contributed by atoms with E-state index in [9.17, 15) is 4.79 Å². The molecule has 0 saturated carbocycles. The van der Waals surface area contributed by atoms with Crippen molar-refractivity contribution in [2.45, 2.75) is 13.0 Å². The Morgan fingerprint density at radius 3 is 2.78 bits per heavy atom. The van der Waals surface area contributed by atoms with Crippen LogP contribution in [0.4, 0.5) is 0 Å². The van der Waals surface area contributed by atoms with Crippen molar-refractivity contribution in [2.75, 3.05) is 0 Å². The number of fused-ring (bicyclic) bond motifs is 1. The maximum atomic E-state index is 11.7. The lowest BCUT2D eigenvalue weighted by Gasteiger charge is -2.01. The van der Waals surface area contributed by atoms with Crippen LogP contribution in [0.25, 0.3) is 11.1 Å². The molecular weight excluding hydrogens is 228 g/mol. The van der Waals surface area contributed by atoms with Crippen LogP contribution < -0.4 is 5.76 Å². The van der Waals surface area contributed by atoms with Crippen LogP contribution in [-0.4, -0.2) is 9.55 Å². The molecule has 0 saturated heterocycles. The van der Waals surface area contributed by atoms with Crippen molar-refractivity contribution in [2.24, 2.45) is 0 Å². The van der Waals surface area contributed by atoms with Gasteiger partial charge in [-0.1, -0.05) is 18.2 Å². The number of oxazole rings is 1. The molecule has 0 fully saturated rings. The van der Waals surface area contributed by atoms with Crippen LogP contribution in [0.1, 0.15) is 5.69 Å². The minimum atomic E-state index is -0.313. The zero-order valence-corrected chi connectivity index (χ0v) is 9.74. The molecule has 18 heavy (non-hydrogen) atoms. The molecule has 0 bridgehead atoms. The molecule has 0 aliphatic heterocycles. The molecule has 0 aliphatic carbocycles. The smallest absolute Gasteiger partial charge is 0.408 e. The number of hydrogen-bond acceptors (Lipinski definition) is 3. The van der Waals surface area contributed by atoms with Gasteiger partial charge in [0.15, 0.2) is 5.58 Å². The first-order chi connectivity index (χ1) is 8.84. The Balaban J connectivity index is 1.91. The Hall–Kier alpha value is -2.36. The second-order valence-corrected chi connectivity index (χ2v) is 4.06. The highest BCUT2D eigenvalue weighted by molar-refractivity contribution is 5.72. The summed E-state index contributed by atoms with van der Waals surface area (Å²) in [5.41, 5.74) is 2.43. The molecule has 4 heteroatoms. The molecule has 1 aromatic carbocycles. The monoisotopic (exact) mass is 240 g/mol. The van der Waals surface area contributed by atoms with Gasteiger partial charge in [-0.3, -0.25) is 9.55 Å². The maximum absolute atomic E-state index is 11.7. The topological polar surface area (TPSA) is 48.0 Å². The third kappa shape index (κ3) is 1.93. The standard InChI is InChI=1S/C14H12N2O2/c17-14-16(10-8-11-5-3-4-9-15-11)12-6-1-2-7-13(12)18-14/h1-7,9H,8,10H2. The summed E-state index contributed by atoms with van der Waals surface area (Å²) in [6.07, 6.45) is 2.47. The fourth-order valence-electron chi connectivity index (χ4n) is 2.00. The predicted molar refractivity (Wildman–Crippen MR) is 68.4 cm³/mol. The highest BCUT2D eigenvalue weighted by Gasteiger charge is 2.08. The zero-order chi connectivity index (χ0) is 12.4. The molecule has 3 rings (SSSR count). The second kappa shape index (κ2) is 4.49. The molecule has 0 aliphatic rings. The van der Waals surface area contributed by atoms with Gasteiger partial charge in [0.1, 0.15) is 0 Å². The number of hydrogen-bond donors (Lipinski definition) is 0. The highest BCUT2D eigenvalue weighted by Crippen LogP contribution is 2.12. The summed E-state index contributed by atoms with van der Waals surface area (Å²) >= 11 is 0. The number of aromatic nitrogens is 2. The quantitative estimate of drug-likeness (QED) is 0.705. The van der Waals surface area contributed by atoms with Gasteiger partial charge in [-0.05, 0) is 24.3 Å². The maximum Gasteiger partial charge on any atom is 0.419 e. The summed E-state index contributed by atoms with van der Waals surface area (Å²) < 4.78 is 6.82. The van der Waals surface area contributed by atoms with Crippen LogP contribution >= 0.6 is 0 Å². The minimum Gasteiger partial charge on any atom is -0.408 e. The van der Waals surface area contributed by atoms with Gasteiger partial charge in [0.2, 0.25) is 0 Å². The summed E-state index contributed by atoms with van der Waals surface area (Å²) in [6, 6.07) is 13.2. The van der Waals surface area contributed by atoms with E-state index >= 15 is 0 Å². The van der Waals surface area contributed by atoms with Crippen molar-refractivity contribution in [3.8, 4) is 0 Å². The van der Waals surface area contributed by atoms with E-state index in [1.54, 1.807) is 16.8 Å². The highest BCUT2D eigenvalue weighted by atomic mass is 16.4. The van der Waals surface area contributed by atoms with Crippen molar-refractivity contribution in [3.63, 3.8) is 0 Å². The average Bonchev–Trinajstić information content (AvgIpc) is 2.73. The minimum absolute atomic E-state index is 0.313. The molecule has 90 valence electrons. The van der Waals surface area contributed by atoms with Crippen LogP contribution in [0, 0.1) is 0 Å². The Kier molecular flexibility index (Phi) is 2.68. The van der Waals surface area contributed by atoms with E-state index in [2.05, 4.69) is 4.98 Å². The molecule has 0 unspecified atom stereocenters. The van der Waals surface area contributed by atoms with Gasteiger partial charge in [0.05, 0.1) is 5.52 Å². The number of rotatable bonds is 3. The fraction of sp³-hybridized carbons (Fsp3) is 0.143. The summed E-state index contributed by atoms with van der Waals surface area (Å²) in [5, 5.41) is 0. The molecule has 0 spiro atoms. The Bertz CT molecular complexity index is 713. The first-order valence-corrected chi connectivity index (χ1v) is 5.83. The van der Waals surface area contributed by atoms with Crippen molar-refractivity contribution in [1.29, 1.82) is 0 Å². The van der Waals surface area contributed by atoms with Crippen LogP contribution in [-0.2, 0) is 13.0 Å². The first kappa shape index (κ1) is 10.8. The molecule has 2 aromatic heterocycles. The van der Waals surface area contributed by atoms with Crippen LogP contribution in [0.5, 0.6) is 0 Å². The van der Waals surface area contributed by atoms with Gasteiger partial charge >= 0.3 is 5.76 Å². The van der Waals surface area contributed by atoms with E-state index < -0.39 is 0 Å². The van der Waals surface area contributed by atoms with Gasteiger partial charge in [-0.2, -0.15) is 0 Å². The lowest BCUT2D eigenvalue weighted by atomic mass is 10.2. The summed E-state index contributed by atoms with van der Waals surface area (Å²) in [5.74, 6) is -0.313. The van der Waals surface area contributed by atoms with E-state index in [4.69, 9.17) is 4.42 Å². The van der Waals surface area contributed by atoms with Gasteiger partial charge in [0.25, 0.3) is 0 Å². The number of benzene rings is 1. The molecule has 0 N–H and O–H groups in total. The largest absolute Gasteiger partial charge is 0.419 e. The molecule has 2 heterocycles. The normalized spacial score (nSPS) is 10.9. The van der Waals surface area contributed by atoms with Crippen molar-refractivity contribution in [1.82, 2.24) is 9.55 Å². The zero-order valence-electron chi connectivity index (χ0n) is 9.74. The first-order valence-electron chi connectivity index (χ1n) is 5.83. The van der Waals surface area contributed by atoms with E-state index in [-0.39, 0.29) is 5.76 Å². The van der Waals surface area contributed by atoms with Gasteiger partial charge in [-0.15, -0.1) is 0 Å². The Morgan fingerprint density at radius 1 is 1.11 bits per heavy atom. The number of aryl methyl sites for hydroxylation is 2. The average molecular weight is 240 g/mol. The molecule has 4 nitrogen and oxygen atoms in total. The fourth-order valence-corrected chi connectivity index (χ4v) is 2.00. The summed E-state index contributed by atoms with van der Waals surface area (Å²) in [6.45, 7) is 0.576. The second-order valence-electron chi connectivity index (χ2n) is 4.06. The SMILES string of the molecule is O=c1oc2ccccc2n1CCc1ccccn1. The van der Waals surface area contributed by atoms with Gasteiger partial charge in [-0.25, -0.2) is 4.79 Å². The van der Waals surface area contributed by atoms with E-state index in [0.29, 0.717) is 18.5 Å². The van der Waals surface area contributed by atoms with Crippen LogP contribution in [0.15, 0.2) is 57.9 Å². The summed E-state index contributed by atoms with van der Waals surface area (Å²) in [4.78, 5) is 16.0. The Morgan fingerprint density at radius 2 is 1.94 bits per heavy atom. The molecule has 3 aromatic rings. The number of nitrogens with zero attached hydrogens (tertiary/aromatic N) is 2. The predicted octanol–water partition coefficient (Wildman–Crippen LogP) is 2.23. The van der Waals surface area contributed by atoms with Crippen molar-refractivity contribution in [3.05, 3.63) is 64.9 Å².